The highest BCUT2D eigenvalue weighted by Gasteiger charge is 2.18. The molecular formula is C15H19N. The Kier molecular flexibility index (Phi) is 2.55. The van der Waals surface area contributed by atoms with Gasteiger partial charge in [0.2, 0.25) is 0 Å². The number of benzene rings is 1. The van der Waals surface area contributed by atoms with Crippen LogP contribution in [0, 0.1) is 5.92 Å². The van der Waals surface area contributed by atoms with Crippen molar-refractivity contribution in [3.63, 3.8) is 0 Å². The second-order valence-electron chi connectivity index (χ2n) is 5.30. The number of aliphatic imine (C=N–C) groups is 1. The Balaban J connectivity index is 1.83. The van der Waals surface area contributed by atoms with Gasteiger partial charge < -0.3 is 0 Å². The van der Waals surface area contributed by atoms with Crippen LogP contribution < -0.4 is 0 Å². The molecule has 0 radical (unpaired) electrons. The lowest BCUT2D eigenvalue weighted by molar-refractivity contribution is 0.663. The monoisotopic (exact) mass is 213 g/mol. The van der Waals surface area contributed by atoms with E-state index in [2.05, 4.69) is 30.1 Å². The van der Waals surface area contributed by atoms with Gasteiger partial charge in [-0.15, -0.1) is 0 Å². The summed E-state index contributed by atoms with van der Waals surface area (Å²) in [4.78, 5) is 4.65. The van der Waals surface area contributed by atoms with Gasteiger partial charge in [-0.05, 0) is 48.3 Å². The lowest BCUT2D eigenvalue weighted by Gasteiger charge is -2.08. The molecule has 1 aliphatic heterocycles. The molecule has 1 aromatic rings. The van der Waals surface area contributed by atoms with Crippen LogP contribution in [-0.4, -0.2) is 12.3 Å². The fourth-order valence-electron chi connectivity index (χ4n) is 3.03. The fraction of sp³-hybridized carbons (Fsp3) is 0.533. The molecule has 0 N–H and O–H groups in total. The van der Waals surface area contributed by atoms with Gasteiger partial charge in [-0.2, -0.15) is 0 Å². The van der Waals surface area contributed by atoms with E-state index >= 15 is 0 Å². The molecule has 16 heavy (non-hydrogen) atoms. The molecule has 0 aromatic heterocycles. The third kappa shape index (κ3) is 1.79. The van der Waals surface area contributed by atoms with E-state index in [0.29, 0.717) is 0 Å². The van der Waals surface area contributed by atoms with Gasteiger partial charge in [0.15, 0.2) is 0 Å². The Labute approximate surface area is 97.6 Å². The van der Waals surface area contributed by atoms with Crippen molar-refractivity contribution in [1.29, 1.82) is 0 Å². The van der Waals surface area contributed by atoms with E-state index in [1.54, 1.807) is 16.7 Å². The number of hydrogen-bond donors (Lipinski definition) is 0. The molecule has 1 atom stereocenters. The van der Waals surface area contributed by atoms with E-state index in [1.165, 1.54) is 31.4 Å². The first-order valence-corrected chi connectivity index (χ1v) is 6.45. The minimum absolute atomic E-state index is 0.770. The van der Waals surface area contributed by atoms with Crippen molar-refractivity contribution in [1.82, 2.24) is 0 Å². The van der Waals surface area contributed by atoms with Crippen molar-refractivity contribution >= 4 is 5.71 Å². The van der Waals surface area contributed by atoms with E-state index in [0.717, 1.165) is 18.9 Å². The maximum Gasteiger partial charge on any atom is 0.0418 e. The number of nitrogens with zero attached hydrogens (tertiary/aromatic N) is 1. The summed E-state index contributed by atoms with van der Waals surface area (Å²) in [5.41, 5.74) is 6.18. The third-order valence-electron chi connectivity index (χ3n) is 3.85. The standard InChI is InChI=1S/C15H19N/c1-11-8-14(16-10-11)9-13-6-2-4-12-5-3-7-15(12)13/h2,4,6,11H,3,5,7-10H2,1H3. The molecule has 1 heterocycles. The van der Waals surface area contributed by atoms with Crippen LogP contribution in [0.15, 0.2) is 23.2 Å². The van der Waals surface area contributed by atoms with Gasteiger partial charge in [-0.3, -0.25) is 4.99 Å². The van der Waals surface area contributed by atoms with Gasteiger partial charge in [-0.25, -0.2) is 0 Å². The number of fused-ring (bicyclic) bond motifs is 1. The van der Waals surface area contributed by atoms with Crippen molar-refractivity contribution in [3.8, 4) is 0 Å². The minimum atomic E-state index is 0.770. The first-order chi connectivity index (χ1) is 7.83. The zero-order valence-electron chi connectivity index (χ0n) is 10.00. The lowest BCUT2D eigenvalue weighted by atomic mass is 9.96. The van der Waals surface area contributed by atoms with Gasteiger partial charge >= 0.3 is 0 Å². The topological polar surface area (TPSA) is 12.4 Å². The first kappa shape index (κ1) is 10.1. The summed E-state index contributed by atoms with van der Waals surface area (Å²) in [6.45, 7) is 3.34. The van der Waals surface area contributed by atoms with Crippen molar-refractivity contribution in [2.75, 3.05) is 6.54 Å². The molecular weight excluding hydrogens is 194 g/mol. The Bertz CT molecular complexity index is 431. The van der Waals surface area contributed by atoms with Crippen LogP contribution in [0.3, 0.4) is 0 Å². The second-order valence-corrected chi connectivity index (χ2v) is 5.30. The summed E-state index contributed by atoms with van der Waals surface area (Å²) in [5.74, 6) is 0.770. The summed E-state index contributed by atoms with van der Waals surface area (Å²) in [5, 5.41) is 0. The highest BCUT2D eigenvalue weighted by Crippen LogP contribution is 2.27. The molecule has 1 aromatic carbocycles. The molecule has 1 heteroatoms. The van der Waals surface area contributed by atoms with E-state index in [-0.39, 0.29) is 0 Å². The number of aryl methyl sites for hydroxylation is 1. The van der Waals surface area contributed by atoms with Crippen LogP contribution in [0.25, 0.3) is 0 Å². The molecule has 0 saturated carbocycles. The molecule has 84 valence electrons. The average molecular weight is 213 g/mol. The predicted molar refractivity (Wildman–Crippen MR) is 68.3 cm³/mol. The number of rotatable bonds is 2. The number of hydrogen-bond acceptors (Lipinski definition) is 1. The minimum Gasteiger partial charge on any atom is -0.293 e. The van der Waals surface area contributed by atoms with Gasteiger partial charge in [0.1, 0.15) is 0 Å². The molecule has 1 aliphatic carbocycles. The van der Waals surface area contributed by atoms with Crippen molar-refractivity contribution in [2.24, 2.45) is 10.9 Å². The Hall–Kier alpha value is -1.11. The predicted octanol–water partition coefficient (Wildman–Crippen LogP) is 3.20. The quantitative estimate of drug-likeness (QED) is 0.715. The molecule has 0 spiro atoms. The van der Waals surface area contributed by atoms with E-state index in [4.69, 9.17) is 0 Å². The molecule has 3 rings (SSSR count). The third-order valence-corrected chi connectivity index (χ3v) is 3.85. The molecule has 0 saturated heterocycles. The summed E-state index contributed by atoms with van der Waals surface area (Å²) in [7, 11) is 0. The van der Waals surface area contributed by atoms with Gasteiger partial charge in [-0.1, -0.05) is 25.1 Å². The highest BCUT2D eigenvalue weighted by molar-refractivity contribution is 5.88. The van der Waals surface area contributed by atoms with Crippen molar-refractivity contribution < 1.29 is 0 Å². The van der Waals surface area contributed by atoms with Gasteiger partial charge in [0, 0.05) is 18.7 Å². The zero-order chi connectivity index (χ0) is 11.0. The summed E-state index contributed by atoms with van der Waals surface area (Å²) < 4.78 is 0. The average Bonchev–Trinajstić information content (AvgIpc) is 2.87. The van der Waals surface area contributed by atoms with Gasteiger partial charge in [0.25, 0.3) is 0 Å². The van der Waals surface area contributed by atoms with Crippen LogP contribution in [0.4, 0.5) is 0 Å². The Morgan fingerprint density at radius 1 is 1.31 bits per heavy atom. The highest BCUT2D eigenvalue weighted by atomic mass is 14.8. The smallest absolute Gasteiger partial charge is 0.0418 e. The van der Waals surface area contributed by atoms with Crippen molar-refractivity contribution in [3.05, 3.63) is 34.9 Å². The molecule has 1 nitrogen and oxygen atoms in total. The molecule has 1 unspecified atom stereocenters. The van der Waals surface area contributed by atoms with Crippen molar-refractivity contribution in [2.45, 2.75) is 39.0 Å². The maximum absolute atomic E-state index is 4.65. The first-order valence-electron chi connectivity index (χ1n) is 6.45. The zero-order valence-corrected chi connectivity index (χ0v) is 10.00. The van der Waals surface area contributed by atoms with Crippen LogP contribution in [-0.2, 0) is 19.3 Å². The molecule has 0 bridgehead atoms. The van der Waals surface area contributed by atoms with Crippen LogP contribution in [0.1, 0.15) is 36.5 Å². The van der Waals surface area contributed by atoms with E-state index in [1.807, 2.05) is 0 Å². The Morgan fingerprint density at radius 2 is 2.25 bits per heavy atom. The van der Waals surface area contributed by atoms with Gasteiger partial charge in [0.05, 0.1) is 0 Å². The lowest BCUT2D eigenvalue weighted by Crippen LogP contribution is -2.04. The largest absolute Gasteiger partial charge is 0.293 e. The normalized spacial score (nSPS) is 23.3. The molecule has 0 amide bonds. The van der Waals surface area contributed by atoms with E-state index in [9.17, 15) is 0 Å². The Morgan fingerprint density at radius 3 is 3.06 bits per heavy atom. The van der Waals surface area contributed by atoms with E-state index < -0.39 is 0 Å². The maximum atomic E-state index is 4.65. The molecule has 2 aliphatic rings. The summed E-state index contributed by atoms with van der Waals surface area (Å²) >= 11 is 0. The second kappa shape index (κ2) is 4.04. The summed E-state index contributed by atoms with van der Waals surface area (Å²) in [6.07, 6.45) is 6.23. The van der Waals surface area contributed by atoms with Crippen LogP contribution in [0.2, 0.25) is 0 Å². The van der Waals surface area contributed by atoms with Crippen LogP contribution >= 0.6 is 0 Å². The summed E-state index contributed by atoms with van der Waals surface area (Å²) in [6, 6.07) is 6.82. The molecule has 0 fully saturated rings. The fourth-order valence-corrected chi connectivity index (χ4v) is 3.03. The van der Waals surface area contributed by atoms with Crippen LogP contribution in [0.5, 0.6) is 0 Å². The SMILES string of the molecule is CC1CN=C(Cc2cccc3c2CCC3)C1.